The number of halogens is 1. The summed E-state index contributed by atoms with van der Waals surface area (Å²) >= 11 is 1.35. The largest absolute Gasteiger partial charge is 0.351 e. The molecule has 0 aliphatic rings. The fourth-order valence-corrected chi connectivity index (χ4v) is 2.10. The van der Waals surface area contributed by atoms with E-state index in [0.717, 1.165) is 0 Å². The molecule has 3 N–H and O–H groups in total. The van der Waals surface area contributed by atoms with Crippen LogP contribution in [-0.4, -0.2) is 28.4 Å². The van der Waals surface area contributed by atoms with Crippen molar-refractivity contribution in [3.05, 3.63) is 33.7 Å². The molecule has 1 unspecified atom stereocenters. The third kappa shape index (κ3) is 3.31. The van der Waals surface area contributed by atoms with Gasteiger partial charge in [-0.15, -0.1) is 23.7 Å². The molecular weight excluding hydrogens is 288 g/mol. The van der Waals surface area contributed by atoms with Crippen LogP contribution in [0.5, 0.6) is 0 Å². The summed E-state index contributed by atoms with van der Waals surface area (Å²) in [5, 5.41) is 4.43. The molecule has 2 aromatic heterocycles. The van der Waals surface area contributed by atoms with Crippen LogP contribution in [0.4, 0.5) is 0 Å². The van der Waals surface area contributed by atoms with Gasteiger partial charge in [0.25, 0.3) is 11.5 Å². The number of carbonyl (C=O) groups is 1. The van der Waals surface area contributed by atoms with Crippen molar-refractivity contribution in [2.75, 3.05) is 13.1 Å². The van der Waals surface area contributed by atoms with Gasteiger partial charge in [-0.3, -0.25) is 14.0 Å². The van der Waals surface area contributed by atoms with Gasteiger partial charge in [0.15, 0.2) is 4.96 Å². The van der Waals surface area contributed by atoms with Gasteiger partial charge in [0.2, 0.25) is 0 Å². The molecule has 0 radical (unpaired) electrons. The summed E-state index contributed by atoms with van der Waals surface area (Å²) in [6, 6.07) is 0. The highest BCUT2D eigenvalue weighted by Crippen LogP contribution is 2.05. The van der Waals surface area contributed by atoms with E-state index in [2.05, 4.69) is 10.3 Å². The maximum atomic E-state index is 12.0. The molecule has 2 rings (SSSR count). The van der Waals surface area contributed by atoms with Crippen molar-refractivity contribution in [1.29, 1.82) is 0 Å². The van der Waals surface area contributed by atoms with Crippen molar-refractivity contribution in [2.24, 2.45) is 11.7 Å². The van der Waals surface area contributed by atoms with Crippen LogP contribution < -0.4 is 16.6 Å². The number of rotatable bonds is 4. The van der Waals surface area contributed by atoms with Crippen molar-refractivity contribution in [3.8, 4) is 0 Å². The average Bonchev–Trinajstić information content (AvgIpc) is 2.85. The van der Waals surface area contributed by atoms with Crippen molar-refractivity contribution in [1.82, 2.24) is 14.7 Å². The zero-order valence-corrected chi connectivity index (χ0v) is 12.0. The third-order valence-corrected chi connectivity index (χ3v) is 3.37. The lowest BCUT2D eigenvalue weighted by Gasteiger charge is -2.09. The number of nitrogens with two attached hydrogens (primary N) is 1. The lowest BCUT2D eigenvalue weighted by atomic mass is 10.2. The van der Waals surface area contributed by atoms with Crippen LogP contribution in [0.15, 0.2) is 22.6 Å². The zero-order valence-electron chi connectivity index (χ0n) is 10.3. The molecule has 2 aromatic rings. The molecule has 0 spiro atoms. The minimum absolute atomic E-state index is 0. The Balaban J connectivity index is 0.00000180. The smallest absolute Gasteiger partial charge is 0.271 e. The topological polar surface area (TPSA) is 89.5 Å². The number of carbonyl (C=O) groups excluding carboxylic acids is 1. The van der Waals surface area contributed by atoms with Gasteiger partial charge in [0.05, 0.1) is 0 Å². The van der Waals surface area contributed by atoms with Crippen LogP contribution in [0.1, 0.15) is 17.3 Å². The minimum atomic E-state index is -0.409. The molecule has 6 nitrogen and oxygen atoms in total. The van der Waals surface area contributed by atoms with Crippen molar-refractivity contribution in [2.45, 2.75) is 6.92 Å². The molecule has 8 heteroatoms. The highest BCUT2D eigenvalue weighted by Gasteiger charge is 2.13. The van der Waals surface area contributed by atoms with Crippen LogP contribution >= 0.6 is 23.7 Å². The lowest BCUT2D eigenvalue weighted by Crippen LogP contribution is -2.35. The number of hydrogen-bond acceptors (Lipinski definition) is 5. The second-order valence-electron chi connectivity index (χ2n) is 4.08. The Bertz CT molecular complexity index is 624. The SMILES string of the molecule is CC(CN)CNC(=O)c1cnc2sccn2c1=O.Cl. The lowest BCUT2D eigenvalue weighted by molar-refractivity contribution is 0.0946. The standard InChI is InChI=1S/C11H14N4O2S.ClH/c1-7(4-12)5-13-9(16)8-6-14-11-15(10(8)17)2-3-18-11;/h2-3,6-7H,4-5,12H2,1H3,(H,13,16);1H. The Morgan fingerprint density at radius 3 is 3.05 bits per heavy atom. The molecule has 0 bridgehead atoms. The Morgan fingerprint density at radius 2 is 2.37 bits per heavy atom. The highest BCUT2D eigenvalue weighted by molar-refractivity contribution is 7.15. The van der Waals surface area contributed by atoms with E-state index in [1.807, 2.05) is 6.92 Å². The van der Waals surface area contributed by atoms with Crippen molar-refractivity contribution < 1.29 is 4.79 Å². The minimum Gasteiger partial charge on any atom is -0.351 e. The first kappa shape index (κ1) is 15.6. The first-order valence-electron chi connectivity index (χ1n) is 5.56. The molecule has 0 fully saturated rings. The van der Waals surface area contributed by atoms with E-state index in [1.54, 1.807) is 11.6 Å². The molecule has 1 atom stereocenters. The van der Waals surface area contributed by atoms with Gasteiger partial charge in [-0.1, -0.05) is 6.92 Å². The van der Waals surface area contributed by atoms with Gasteiger partial charge in [0, 0.05) is 24.3 Å². The van der Waals surface area contributed by atoms with Crippen LogP contribution in [-0.2, 0) is 0 Å². The Hall–Kier alpha value is -1.44. The summed E-state index contributed by atoms with van der Waals surface area (Å²) < 4.78 is 1.37. The molecular formula is C11H15ClN4O2S. The quantitative estimate of drug-likeness (QED) is 0.861. The summed E-state index contributed by atoms with van der Waals surface area (Å²) in [6.07, 6.45) is 2.92. The number of nitrogens with one attached hydrogen (secondary N) is 1. The molecule has 0 aromatic carbocycles. The van der Waals surface area contributed by atoms with Crippen molar-refractivity contribution in [3.63, 3.8) is 0 Å². The Labute approximate surface area is 120 Å². The zero-order chi connectivity index (χ0) is 13.1. The number of hydrogen-bond donors (Lipinski definition) is 2. The fraction of sp³-hybridized carbons (Fsp3) is 0.364. The molecule has 0 aliphatic heterocycles. The second-order valence-corrected chi connectivity index (χ2v) is 4.96. The average molecular weight is 303 g/mol. The van der Waals surface area contributed by atoms with E-state index in [9.17, 15) is 9.59 Å². The maximum Gasteiger partial charge on any atom is 0.271 e. The predicted molar refractivity (Wildman–Crippen MR) is 77.1 cm³/mol. The van der Waals surface area contributed by atoms with Gasteiger partial charge in [-0.25, -0.2) is 4.98 Å². The monoisotopic (exact) mass is 302 g/mol. The fourth-order valence-electron chi connectivity index (χ4n) is 1.43. The number of thiazole rings is 1. The van der Waals surface area contributed by atoms with Gasteiger partial charge >= 0.3 is 0 Å². The molecule has 1 amide bonds. The number of fused-ring (bicyclic) bond motifs is 1. The summed E-state index contributed by atoms with van der Waals surface area (Å²) in [5.41, 5.74) is 5.16. The Morgan fingerprint density at radius 1 is 1.63 bits per heavy atom. The van der Waals surface area contributed by atoms with Crippen LogP contribution in [0, 0.1) is 5.92 Å². The number of nitrogens with zero attached hydrogens (tertiary/aromatic N) is 2. The van der Waals surface area contributed by atoms with E-state index in [1.165, 1.54) is 21.9 Å². The first-order chi connectivity index (χ1) is 8.63. The van der Waals surface area contributed by atoms with Gasteiger partial charge in [0.1, 0.15) is 5.56 Å². The normalized spacial score (nSPS) is 11.9. The number of aromatic nitrogens is 2. The molecule has 2 heterocycles. The summed E-state index contributed by atoms with van der Waals surface area (Å²) in [7, 11) is 0. The highest BCUT2D eigenvalue weighted by atomic mass is 35.5. The molecule has 0 saturated heterocycles. The summed E-state index contributed by atoms with van der Waals surface area (Å²) in [5.74, 6) is -0.233. The van der Waals surface area contributed by atoms with E-state index < -0.39 is 5.91 Å². The summed E-state index contributed by atoms with van der Waals surface area (Å²) in [6.45, 7) is 2.86. The van der Waals surface area contributed by atoms with Gasteiger partial charge in [-0.2, -0.15) is 0 Å². The molecule has 104 valence electrons. The molecule has 0 aliphatic carbocycles. The van der Waals surface area contributed by atoms with E-state index in [0.29, 0.717) is 18.1 Å². The van der Waals surface area contributed by atoms with Crippen LogP contribution in [0.3, 0.4) is 0 Å². The summed E-state index contributed by atoms with van der Waals surface area (Å²) in [4.78, 5) is 28.5. The molecule has 19 heavy (non-hydrogen) atoms. The third-order valence-electron chi connectivity index (χ3n) is 2.60. The second kappa shape index (κ2) is 6.65. The van der Waals surface area contributed by atoms with E-state index in [-0.39, 0.29) is 29.4 Å². The first-order valence-corrected chi connectivity index (χ1v) is 6.44. The Kier molecular flexibility index (Phi) is 5.46. The van der Waals surface area contributed by atoms with E-state index in [4.69, 9.17) is 5.73 Å². The number of amides is 1. The van der Waals surface area contributed by atoms with Gasteiger partial charge < -0.3 is 11.1 Å². The van der Waals surface area contributed by atoms with Gasteiger partial charge in [-0.05, 0) is 12.5 Å². The van der Waals surface area contributed by atoms with Crippen molar-refractivity contribution >= 4 is 34.6 Å². The predicted octanol–water partition coefficient (Wildman–Crippen LogP) is 0.502. The molecule has 0 saturated carbocycles. The van der Waals surface area contributed by atoms with Crippen LogP contribution in [0.2, 0.25) is 0 Å². The maximum absolute atomic E-state index is 12.0. The van der Waals surface area contributed by atoms with Crippen LogP contribution in [0.25, 0.3) is 4.96 Å². The van der Waals surface area contributed by atoms with E-state index >= 15 is 0 Å².